The Labute approximate surface area is 172 Å². The average molecular weight is 439 g/mol. The summed E-state index contributed by atoms with van der Waals surface area (Å²) in [6, 6.07) is 5.94. The van der Waals surface area contributed by atoms with Crippen molar-refractivity contribution in [3.05, 3.63) is 40.7 Å². The van der Waals surface area contributed by atoms with E-state index < -0.39 is 0 Å². The van der Waals surface area contributed by atoms with E-state index in [1.807, 2.05) is 0 Å². The van der Waals surface area contributed by atoms with Crippen LogP contribution in [0.3, 0.4) is 0 Å². The van der Waals surface area contributed by atoms with E-state index in [2.05, 4.69) is 20.5 Å². The lowest BCUT2D eigenvalue weighted by molar-refractivity contribution is -0.139. The molecule has 11 heteroatoms. The number of hydrogen-bond acceptors (Lipinski definition) is 9. The fraction of sp³-hybridized carbons (Fsp3) is 0.235. The van der Waals surface area contributed by atoms with Crippen molar-refractivity contribution in [1.82, 2.24) is 15.2 Å². The number of hydrogen-bond donors (Lipinski definition) is 1. The van der Waals surface area contributed by atoms with Crippen molar-refractivity contribution >= 4 is 51.4 Å². The SMILES string of the molecule is CCOC(=O)CSc1nnc(NC(=O)c2sc(-c3ccc(F)cc3)nc2C)s1. The van der Waals surface area contributed by atoms with Crippen molar-refractivity contribution in [2.45, 2.75) is 18.2 Å². The molecule has 0 aliphatic heterocycles. The summed E-state index contributed by atoms with van der Waals surface area (Å²) in [5, 5.41) is 11.5. The zero-order chi connectivity index (χ0) is 20.1. The summed E-state index contributed by atoms with van der Waals surface area (Å²) >= 11 is 3.58. The Morgan fingerprint density at radius 1 is 1.21 bits per heavy atom. The van der Waals surface area contributed by atoms with Crippen LogP contribution >= 0.6 is 34.4 Å². The maximum Gasteiger partial charge on any atom is 0.316 e. The number of halogens is 1. The summed E-state index contributed by atoms with van der Waals surface area (Å²) in [7, 11) is 0. The lowest BCUT2D eigenvalue weighted by Crippen LogP contribution is -2.11. The van der Waals surface area contributed by atoms with Crippen LogP contribution in [0, 0.1) is 12.7 Å². The van der Waals surface area contributed by atoms with Crippen molar-refractivity contribution in [3.8, 4) is 10.6 Å². The lowest BCUT2D eigenvalue weighted by atomic mass is 10.2. The quantitative estimate of drug-likeness (QED) is 0.338. The van der Waals surface area contributed by atoms with Crippen LogP contribution in [0.25, 0.3) is 10.6 Å². The van der Waals surface area contributed by atoms with Gasteiger partial charge >= 0.3 is 5.97 Å². The summed E-state index contributed by atoms with van der Waals surface area (Å²) in [5.74, 6) is -0.878. The largest absolute Gasteiger partial charge is 0.465 e. The number of amides is 1. The van der Waals surface area contributed by atoms with E-state index in [0.717, 1.165) is 5.56 Å². The highest BCUT2D eigenvalue weighted by atomic mass is 32.2. The summed E-state index contributed by atoms with van der Waals surface area (Å²) in [6.45, 7) is 3.80. The molecule has 0 saturated carbocycles. The molecule has 2 aromatic heterocycles. The first-order valence-electron chi connectivity index (χ1n) is 8.13. The minimum atomic E-state index is -0.346. The molecule has 0 unspecified atom stereocenters. The molecule has 3 rings (SSSR count). The van der Waals surface area contributed by atoms with Gasteiger partial charge in [-0.2, -0.15) is 0 Å². The number of thioether (sulfide) groups is 1. The molecule has 0 bridgehead atoms. The van der Waals surface area contributed by atoms with Crippen molar-refractivity contribution in [3.63, 3.8) is 0 Å². The van der Waals surface area contributed by atoms with Gasteiger partial charge in [0.2, 0.25) is 5.13 Å². The van der Waals surface area contributed by atoms with E-state index in [4.69, 9.17) is 4.74 Å². The molecule has 0 fully saturated rings. The van der Waals surface area contributed by atoms with Crippen LogP contribution in [0.5, 0.6) is 0 Å². The molecule has 2 heterocycles. The molecule has 7 nitrogen and oxygen atoms in total. The molecule has 28 heavy (non-hydrogen) atoms. The Kier molecular flexibility index (Phi) is 6.70. The number of nitrogens with one attached hydrogen (secondary N) is 1. The van der Waals surface area contributed by atoms with Gasteiger partial charge in [-0.1, -0.05) is 23.1 Å². The Bertz CT molecular complexity index is 988. The predicted octanol–water partition coefficient (Wildman–Crippen LogP) is 4.02. The topological polar surface area (TPSA) is 94.1 Å². The molecular weight excluding hydrogens is 423 g/mol. The first kappa shape index (κ1) is 20.4. The van der Waals surface area contributed by atoms with Gasteiger partial charge in [0.05, 0.1) is 18.1 Å². The molecule has 0 spiro atoms. The second-order valence-corrected chi connectivity index (χ2v) is 8.56. The van der Waals surface area contributed by atoms with Crippen molar-refractivity contribution in [2.75, 3.05) is 17.7 Å². The van der Waals surface area contributed by atoms with E-state index in [9.17, 15) is 14.0 Å². The number of rotatable bonds is 7. The average Bonchev–Trinajstić information content (AvgIpc) is 3.27. The fourth-order valence-corrected chi connectivity index (χ4v) is 4.63. The number of nitrogens with zero attached hydrogens (tertiary/aromatic N) is 3. The zero-order valence-corrected chi connectivity index (χ0v) is 17.3. The van der Waals surface area contributed by atoms with Crippen molar-refractivity contribution in [2.24, 2.45) is 0 Å². The summed E-state index contributed by atoms with van der Waals surface area (Å²) in [4.78, 5) is 28.8. The molecule has 1 N–H and O–H groups in total. The van der Waals surface area contributed by atoms with Gasteiger partial charge < -0.3 is 4.74 Å². The normalized spacial score (nSPS) is 10.7. The maximum atomic E-state index is 13.1. The fourth-order valence-electron chi connectivity index (χ4n) is 2.12. The second kappa shape index (κ2) is 9.22. The standard InChI is InChI=1S/C17H15FN4O3S3/c1-3-25-12(23)8-26-17-22-21-16(28-17)20-14(24)13-9(2)19-15(27-13)10-4-6-11(18)7-5-10/h4-7H,3,8H2,1-2H3,(H,20,21,24). The van der Waals surface area contributed by atoms with Crippen LogP contribution in [0.15, 0.2) is 28.6 Å². The van der Waals surface area contributed by atoms with Gasteiger partial charge in [0.1, 0.15) is 15.7 Å². The van der Waals surface area contributed by atoms with Crippen molar-refractivity contribution in [1.29, 1.82) is 0 Å². The maximum absolute atomic E-state index is 13.1. The summed E-state index contributed by atoms with van der Waals surface area (Å²) < 4.78 is 18.5. The number of ether oxygens (including phenoxy) is 1. The zero-order valence-electron chi connectivity index (χ0n) is 14.9. The molecular formula is C17H15FN4O3S3. The van der Waals surface area contributed by atoms with Gasteiger partial charge in [0.25, 0.3) is 5.91 Å². The van der Waals surface area contributed by atoms with Gasteiger partial charge in [0.15, 0.2) is 4.34 Å². The Morgan fingerprint density at radius 3 is 2.68 bits per heavy atom. The summed E-state index contributed by atoms with van der Waals surface area (Å²) in [6.07, 6.45) is 0. The highest BCUT2D eigenvalue weighted by molar-refractivity contribution is 8.01. The van der Waals surface area contributed by atoms with Crippen LogP contribution in [-0.2, 0) is 9.53 Å². The Hall–Kier alpha value is -2.37. The minimum Gasteiger partial charge on any atom is -0.465 e. The van der Waals surface area contributed by atoms with E-state index in [0.29, 0.717) is 31.7 Å². The number of aromatic nitrogens is 3. The number of carbonyl (C=O) groups excluding carboxylic acids is 2. The number of anilines is 1. The van der Waals surface area contributed by atoms with Gasteiger partial charge in [-0.3, -0.25) is 14.9 Å². The van der Waals surface area contributed by atoms with Crippen LogP contribution in [-0.4, -0.2) is 39.4 Å². The molecule has 0 aliphatic rings. The highest BCUT2D eigenvalue weighted by Gasteiger charge is 2.18. The van der Waals surface area contributed by atoms with Crippen LogP contribution in [0.2, 0.25) is 0 Å². The first-order chi connectivity index (χ1) is 13.5. The van der Waals surface area contributed by atoms with Crippen LogP contribution in [0.1, 0.15) is 22.3 Å². The molecule has 0 aliphatic carbocycles. The third kappa shape index (κ3) is 5.12. The van der Waals surface area contributed by atoms with Gasteiger partial charge in [0, 0.05) is 5.56 Å². The van der Waals surface area contributed by atoms with E-state index in [1.165, 1.54) is 46.6 Å². The molecule has 146 valence electrons. The number of aryl methyl sites for hydroxylation is 1. The third-order valence-corrected chi connectivity index (χ3v) is 6.49. The van der Waals surface area contributed by atoms with Crippen LogP contribution < -0.4 is 5.32 Å². The van der Waals surface area contributed by atoms with Crippen LogP contribution in [0.4, 0.5) is 9.52 Å². The number of carbonyl (C=O) groups is 2. The highest BCUT2D eigenvalue weighted by Crippen LogP contribution is 2.30. The monoisotopic (exact) mass is 438 g/mol. The first-order valence-corrected chi connectivity index (χ1v) is 10.7. The molecule has 0 atom stereocenters. The lowest BCUT2D eigenvalue weighted by Gasteiger charge is -1.99. The van der Waals surface area contributed by atoms with Gasteiger partial charge in [-0.15, -0.1) is 21.5 Å². The molecule has 0 saturated heterocycles. The van der Waals surface area contributed by atoms with Gasteiger partial charge in [-0.25, -0.2) is 9.37 Å². The molecule has 3 aromatic rings. The molecule has 1 amide bonds. The minimum absolute atomic E-state index is 0.130. The smallest absolute Gasteiger partial charge is 0.316 e. The second-order valence-electron chi connectivity index (χ2n) is 5.36. The Morgan fingerprint density at radius 2 is 1.96 bits per heavy atom. The molecule has 0 radical (unpaired) electrons. The third-order valence-electron chi connectivity index (χ3n) is 3.34. The van der Waals surface area contributed by atoms with E-state index in [1.54, 1.807) is 26.0 Å². The van der Waals surface area contributed by atoms with Crippen molar-refractivity contribution < 1.29 is 18.7 Å². The number of benzene rings is 1. The van der Waals surface area contributed by atoms with Gasteiger partial charge in [-0.05, 0) is 38.1 Å². The number of esters is 1. The number of thiazole rings is 1. The Balaban J connectivity index is 1.65. The predicted molar refractivity (Wildman–Crippen MR) is 107 cm³/mol. The molecule has 1 aromatic carbocycles. The van der Waals surface area contributed by atoms with E-state index >= 15 is 0 Å². The van der Waals surface area contributed by atoms with E-state index in [-0.39, 0.29) is 23.4 Å². The summed E-state index contributed by atoms with van der Waals surface area (Å²) in [5.41, 5.74) is 1.31.